The molecule has 0 aliphatic heterocycles. The van der Waals surface area contributed by atoms with Gasteiger partial charge in [0.25, 0.3) is 0 Å². The van der Waals surface area contributed by atoms with E-state index in [1.54, 1.807) is 6.07 Å². The highest BCUT2D eigenvalue weighted by molar-refractivity contribution is 7.99. The fourth-order valence-electron chi connectivity index (χ4n) is 2.80. The van der Waals surface area contributed by atoms with E-state index in [2.05, 4.69) is 24.0 Å². The minimum Gasteiger partial charge on any atom is -0.313 e. The van der Waals surface area contributed by atoms with Crippen molar-refractivity contribution in [2.45, 2.75) is 56.7 Å². The van der Waals surface area contributed by atoms with Crippen LogP contribution in [0.4, 0.5) is 4.39 Å². The van der Waals surface area contributed by atoms with Gasteiger partial charge in [0.1, 0.15) is 5.82 Å². The molecule has 0 heterocycles. The van der Waals surface area contributed by atoms with E-state index in [-0.39, 0.29) is 5.82 Å². The van der Waals surface area contributed by atoms with Crippen LogP contribution in [-0.4, -0.2) is 23.6 Å². The van der Waals surface area contributed by atoms with E-state index in [4.69, 9.17) is 11.6 Å². The Morgan fingerprint density at radius 3 is 2.81 bits per heavy atom. The molecule has 0 bridgehead atoms. The van der Waals surface area contributed by atoms with Crippen molar-refractivity contribution >= 4 is 23.4 Å². The first-order valence-electron chi connectivity index (χ1n) is 7.98. The van der Waals surface area contributed by atoms with E-state index < -0.39 is 0 Å². The number of hydrogen-bond acceptors (Lipinski definition) is 2. The van der Waals surface area contributed by atoms with Crippen LogP contribution < -0.4 is 5.32 Å². The standard InChI is InChI=1S/C17H25ClFNS/c1-2-9-20-15(12-21-16-5-3-4-6-16)10-13-7-8-14(18)11-17(13)19/h7-8,11,15-16,20H,2-6,9-10,12H2,1H3. The second-order valence-corrected chi connectivity index (χ2v) is 7.60. The summed E-state index contributed by atoms with van der Waals surface area (Å²) in [6, 6.07) is 5.35. The van der Waals surface area contributed by atoms with Gasteiger partial charge >= 0.3 is 0 Å². The van der Waals surface area contributed by atoms with Crippen LogP contribution in [0.5, 0.6) is 0 Å². The Kier molecular flexibility index (Phi) is 7.35. The van der Waals surface area contributed by atoms with Crippen LogP contribution in [-0.2, 0) is 6.42 Å². The second-order valence-electron chi connectivity index (χ2n) is 5.83. The molecule has 21 heavy (non-hydrogen) atoms. The summed E-state index contributed by atoms with van der Waals surface area (Å²) >= 11 is 7.88. The molecule has 1 N–H and O–H groups in total. The van der Waals surface area contributed by atoms with Crippen LogP contribution in [0.15, 0.2) is 18.2 Å². The lowest BCUT2D eigenvalue weighted by atomic mass is 10.1. The molecular formula is C17H25ClFNS. The molecule has 1 unspecified atom stereocenters. The summed E-state index contributed by atoms with van der Waals surface area (Å²) in [5.41, 5.74) is 0.764. The van der Waals surface area contributed by atoms with E-state index in [1.165, 1.54) is 31.7 Å². The van der Waals surface area contributed by atoms with Gasteiger partial charge in [-0.1, -0.05) is 37.4 Å². The van der Waals surface area contributed by atoms with Crippen molar-refractivity contribution in [1.82, 2.24) is 5.32 Å². The molecule has 118 valence electrons. The van der Waals surface area contributed by atoms with E-state index >= 15 is 0 Å². The third-order valence-corrected chi connectivity index (χ3v) is 5.77. The number of hydrogen-bond donors (Lipinski definition) is 1. The highest BCUT2D eigenvalue weighted by atomic mass is 35.5. The van der Waals surface area contributed by atoms with E-state index in [9.17, 15) is 4.39 Å². The van der Waals surface area contributed by atoms with Crippen LogP contribution in [0.2, 0.25) is 5.02 Å². The number of nitrogens with one attached hydrogen (secondary N) is 1. The Morgan fingerprint density at radius 2 is 2.14 bits per heavy atom. The predicted octanol–water partition coefficient (Wildman–Crippen LogP) is 5.07. The Labute approximate surface area is 137 Å². The van der Waals surface area contributed by atoms with Gasteiger partial charge in [0, 0.05) is 22.1 Å². The average Bonchev–Trinajstić information content (AvgIpc) is 2.97. The molecule has 1 aromatic carbocycles. The maximum Gasteiger partial charge on any atom is 0.127 e. The molecule has 0 saturated heterocycles. The van der Waals surface area contributed by atoms with E-state index in [1.807, 2.05) is 6.07 Å². The molecule has 0 spiro atoms. The van der Waals surface area contributed by atoms with Gasteiger partial charge in [0.2, 0.25) is 0 Å². The van der Waals surface area contributed by atoms with Crippen molar-refractivity contribution in [2.75, 3.05) is 12.3 Å². The molecule has 1 aliphatic carbocycles. The summed E-state index contributed by atoms with van der Waals surface area (Å²) in [7, 11) is 0. The fourth-order valence-corrected chi connectivity index (χ4v) is 4.36. The van der Waals surface area contributed by atoms with E-state index in [0.29, 0.717) is 11.1 Å². The molecule has 1 aliphatic rings. The first-order valence-corrected chi connectivity index (χ1v) is 9.40. The summed E-state index contributed by atoms with van der Waals surface area (Å²) in [5.74, 6) is 0.879. The molecule has 1 nitrogen and oxygen atoms in total. The number of thioether (sulfide) groups is 1. The van der Waals surface area contributed by atoms with Gasteiger partial charge in [-0.25, -0.2) is 4.39 Å². The third-order valence-electron chi connectivity index (χ3n) is 4.00. The van der Waals surface area contributed by atoms with Gasteiger partial charge in [0.15, 0.2) is 0 Å². The Morgan fingerprint density at radius 1 is 1.38 bits per heavy atom. The van der Waals surface area contributed by atoms with Crippen molar-refractivity contribution < 1.29 is 4.39 Å². The zero-order chi connectivity index (χ0) is 15.1. The van der Waals surface area contributed by atoms with Gasteiger partial charge in [0.05, 0.1) is 0 Å². The lowest BCUT2D eigenvalue weighted by molar-refractivity contribution is 0.530. The Hall–Kier alpha value is -0.250. The summed E-state index contributed by atoms with van der Waals surface area (Å²) in [6.45, 7) is 3.15. The van der Waals surface area contributed by atoms with Gasteiger partial charge in [-0.3, -0.25) is 0 Å². The summed E-state index contributed by atoms with van der Waals surface area (Å²) < 4.78 is 14.0. The smallest absolute Gasteiger partial charge is 0.127 e. The van der Waals surface area contributed by atoms with Crippen LogP contribution in [0.1, 0.15) is 44.6 Å². The minimum absolute atomic E-state index is 0.184. The van der Waals surface area contributed by atoms with Crippen molar-refractivity contribution in [2.24, 2.45) is 0 Å². The summed E-state index contributed by atoms with van der Waals surface area (Å²) in [6.07, 6.45) is 7.28. The quantitative estimate of drug-likeness (QED) is 0.715. The molecule has 1 aromatic rings. The molecular weight excluding hydrogens is 305 g/mol. The fraction of sp³-hybridized carbons (Fsp3) is 0.647. The summed E-state index contributed by atoms with van der Waals surface area (Å²) in [4.78, 5) is 0. The normalized spacial score (nSPS) is 17.3. The molecule has 0 amide bonds. The first-order chi connectivity index (χ1) is 10.2. The van der Waals surface area contributed by atoms with Crippen molar-refractivity contribution in [3.63, 3.8) is 0 Å². The van der Waals surface area contributed by atoms with Gasteiger partial charge in [-0.05, 0) is 49.9 Å². The van der Waals surface area contributed by atoms with Gasteiger partial charge in [-0.2, -0.15) is 11.8 Å². The van der Waals surface area contributed by atoms with Crippen LogP contribution >= 0.6 is 23.4 Å². The SMILES string of the molecule is CCCNC(CSC1CCCC1)Cc1ccc(Cl)cc1F. The zero-order valence-electron chi connectivity index (χ0n) is 12.7. The predicted molar refractivity (Wildman–Crippen MR) is 91.9 cm³/mol. The molecule has 0 aromatic heterocycles. The molecule has 1 saturated carbocycles. The average molecular weight is 330 g/mol. The molecule has 1 atom stereocenters. The Balaban J connectivity index is 1.90. The lowest BCUT2D eigenvalue weighted by Gasteiger charge is -2.20. The maximum absolute atomic E-state index is 14.0. The van der Waals surface area contributed by atoms with Crippen LogP contribution in [0.25, 0.3) is 0 Å². The van der Waals surface area contributed by atoms with Crippen molar-refractivity contribution in [1.29, 1.82) is 0 Å². The highest BCUT2D eigenvalue weighted by Crippen LogP contribution is 2.30. The zero-order valence-corrected chi connectivity index (χ0v) is 14.3. The lowest BCUT2D eigenvalue weighted by Crippen LogP contribution is -2.34. The molecule has 0 radical (unpaired) electrons. The number of rotatable bonds is 8. The largest absolute Gasteiger partial charge is 0.313 e. The maximum atomic E-state index is 14.0. The molecule has 1 fully saturated rings. The van der Waals surface area contributed by atoms with Crippen molar-refractivity contribution in [3.05, 3.63) is 34.6 Å². The molecule has 4 heteroatoms. The third kappa shape index (κ3) is 5.80. The van der Waals surface area contributed by atoms with Crippen LogP contribution in [0, 0.1) is 5.82 Å². The van der Waals surface area contributed by atoms with E-state index in [0.717, 1.165) is 36.0 Å². The monoisotopic (exact) mass is 329 g/mol. The van der Waals surface area contributed by atoms with Crippen molar-refractivity contribution in [3.8, 4) is 0 Å². The van der Waals surface area contributed by atoms with Gasteiger partial charge < -0.3 is 5.32 Å². The minimum atomic E-state index is -0.184. The van der Waals surface area contributed by atoms with Gasteiger partial charge in [-0.15, -0.1) is 0 Å². The highest BCUT2D eigenvalue weighted by Gasteiger charge is 2.18. The topological polar surface area (TPSA) is 12.0 Å². The summed E-state index contributed by atoms with van der Waals surface area (Å²) in [5, 5.41) is 4.84. The number of benzene rings is 1. The Bertz CT molecular complexity index is 435. The number of halogens is 2. The second kappa shape index (κ2) is 9.02. The molecule has 2 rings (SSSR count). The van der Waals surface area contributed by atoms with Crippen LogP contribution in [0.3, 0.4) is 0 Å². The first kappa shape index (κ1) is 17.1.